The summed E-state index contributed by atoms with van der Waals surface area (Å²) in [4.78, 5) is 0. The lowest BCUT2D eigenvalue weighted by Gasteiger charge is -2.39. The molecule has 18 heavy (non-hydrogen) atoms. The highest BCUT2D eigenvalue weighted by molar-refractivity contribution is 7.87. The van der Waals surface area contributed by atoms with Crippen LogP contribution in [0.15, 0.2) is 0 Å². The van der Waals surface area contributed by atoms with Crippen LogP contribution in [0.3, 0.4) is 0 Å². The Kier molecular flexibility index (Phi) is 6.04. The topological polar surface area (TPSA) is 61.4 Å². The minimum Gasteiger partial charge on any atom is -0.317 e. The van der Waals surface area contributed by atoms with E-state index in [1.807, 2.05) is 6.92 Å². The van der Waals surface area contributed by atoms with E-state index in [0.29, 0.717) is 6.54 Å². The Bertz CT molecular complexity index is 339. The summed E-state index contributed by atoms with van der Waals surface area (Å²) < 4.78 is 28.3. The fraction of sp³-hybridized carbons (Fsp3) is 1.00. The summed E-state index contributed by atoms with van der Waals surface area (Å²) in [5.74, 6) is 0. The first kappa shape index (κ1) is 15.9. The zero-order valence-electron chi connectivity index (χ0n) is 11.8. The molecule has 1 aliphatic carbocycles. The summed E-state index contributed by atoms with van der Waals surface area (Å²) in [6.07, 6.45) is 4.95. The molecule has 0 bridgehead atoms. The molecule has 1 fully saturated rings. The van der Waals surface area contributed by atoms with Gasteiger partial charge in [-0.25, -0.2) is 0 Å². The van der Waals surface area contributed by atoms with Gasteiger partial charge in [0.2, 0.25) is 0 Å². The van der Waals surface area contributed by atoms with Crippen LogP contribution in [0.2, 0.25) is 0 Å². The fourth-order valence-corrected chi connectivity index (χ4v) is 3.40. The van der Waals surface area contributed by atoms with E-state index >= 15 is 0 Å². The Balaban J connectivity index is 2.28. The Morgan fingerprint density at radius 3 is 2.44 bits per heavy atom. The number of hydrogen-bond acceptors (Lipinski definition) is 3. The number of nitrogens with zero attached hydrogens (tertiary/aromatic N) is 1. The minimum atomic E-state index is -3.32. The van der Waals surface area contributed by atoms with Gasteiger partial charge in [-0.2, -0.15) is 17.4 Å². The van der Waals surface area contributed by atoms with E-state index in [9.17, 15) is 8.42 Å². The SMILES string of the molecule is CCCNCCCN(C)S(=O)(=O)NC1(C)CCC1. The molecule has 5 nitrogen and oxygen atoms in total. The zero-order valence-corrected chi connectivity index (χ0v) is 12.6. The lowest BCUT2D eigenvalue weighted by molar-refractivity contribution is 0.242. The molecule has 0 aliphatic heterocycles. The molecule has 0 radical (unpaired) electrons. The second-order valence-corrected chi connectivity index (χ2v) is 7.22. The summed E-state index contributed by atoms with van der Waals surface area (Å²) in [7, 11) is -1.67. The summed E-state index contributed by atoms with van der Waals surface area (Å²) in [5, 5.41) is 3.27. The molecule has 108 valence electrons. The average Bonchev–Trinajstić information content (AvgIpc) is 2.26. The fourth-order valence-electron chi connectivity index (χ4n) is 2.05. The maximum atomic E-state index is 12.1. The number of nitrogens with one attached hydrogen (secondary N) is 2. The van der Waals surface area contributed by atoms with E-state index in [0.717, 1.165) is 45.2 Å². The summed E-state index contributed by atoms with van der Waals surface area (Å²) >= 11 is 0. The van der Waals surface area contributed by atoms with Crippen molar-refractivity contribution in [1.82, 2.24) is 14.3 Å². The molecule has 2 N–H and O–H groups in total. The lowest BCUT2D eigenvalue weighted by atomic mass is 9.80. The number of hydrogen-bond donors (Lipinski definition) is 2. The quantitative estimate of drug-likeness (QED) is 0.620. The molecular formula is C12H27N3O2S. The van der Waals surface area contributed by atoms with Gasteiger partial charge in [0.05, 0.1) is 0 Å². The van der Waals surface area contributed by atoms with Crippen molar-refractivity contribution in [2.75, 3.05) is 26.7 Å². The monoisotopic (exact) mass is 277 g/mol. The van der Waals surface area contributed by atoms with E-state index < -0.39 is 10.2 Å². The second kappa shape index (κ2) is 6.84. The van der Waals surface area contributed by atoms with Crippen LogP contribution in [0.25, 0.3) is 0 Å². The van der Waals surface area contributed by atoms with Crippen molar-refractivity contribution in [3.63, 3.8) is 0 Å². The first-order valence-corrected chi connectivity index (χ1v) is 8.29. The molecule has 0 spiro atoms. The molecule has 0 heterocycles. The minimum absolute atomic E-state index is 0.215. The second-order valence-electron chi connectivity index (χ2n) is 5.45. The van der Waals surface area contributed by atoms with Gasteiger partial charge in [-0.05, 0) is 52.1 Å². The van der Waals surface area contributed by atoms with Crippen molar-refractivity contribution >= 4 is 10.2 Å². The summed E-state index contributed by atoms with van der Waals surface area (Å²) in [5.41, 5.74) is -0.215. The van der Waals surface area contributed by atoms with Crippen LogP contribution >= 0.6 is 0 Å². The Labute approximate surface area is 112 Å². The molecule has 0 amide bonds. The maximum absolute atomic E-state index is 12.1. The van der Waals surface area contributed by atoms with E-state index in [1.54, 1.807) is 7.05 Å². The molecule has 0 saturated heterocycles. The summed E-state index contributed by atoms with van der Waals surface area (Å²) in [6.45, 7) is 6.51. The first-order chi connectivity index (χ1) is 8.40. The Hall–Kier alpha value is -0.170. The highest BCUT2D eigenvalue weighted by atomic mass is 32.2. The van der Waals surface area contributed by atoms with Gasteiger partial charge in [-0.1, -0.05) is 6.92 Å². The molecular weight excluding hydrogens is 250 g/mol. The van der Waals surface area contributed by atoms with Gasteiger partial charge < -0.3 is 5.32 Å². The zero-order chi connectivity index (χ0) is 13.6. The predicted molar refractivity (Wildman–Crippen MR) is 74.7 cm³/mol. The standard InChI is InChI=1S/C12H27N3O2S/c1-4-9-13-10-6-11-15(3)18(16,17)14-12(2)7-5-8-12/h13-14H,4-11H2,1-3H3. The predicted octanol–water partition coefficient (Wildman–Crippen LogP) is 1.08. The molecule has 0 aromatic carbocycles. The average molecular weight is 277 g/mol. The van der Waals surface area contributed by atoms with Crippen LogP contribution in [-0.4, -0.2) is 44.9 Å². The van der Waals surface area contributed by atoms with Crippen molar-refractivity contribution in [3.05, 3.63) is 0 Å². The summed E-state index contributed by atoms with van der Waals surface area (Å²) in [6, 6.07) is 0. The van der Waals surface area contributed by atoms with Gasteiger partial charge in [0.15, 0.2) is 0 Å². The number of rotatable bonds is 9. The van der Waals surface area contributed by atoms with Crippen LogP contribution in [0.4, 0.5) is 0 Å². The third-order valence-electron chi connectivity index (χ3n) is 3.50. The van der Waals surface area contributed by atoms with Crippen LogP contribution in [0.1, 0.15) is 46.0 Å². The molecule has 1 rings (SSSR count). The van der Waals surface area contributed by atoms with E-state index in [4.69, 9.17) is 0 Å². The molecule has 0 aromatic rings. The van der Waals surface area contributed by atoms with Crippen molar-refractivity contribution < 1.29 is 8.42 Å². The smallest absolute Gasteiger partial charge is 0.279 e. The third kappa shape index (κ3) is 4.84. The Morgan fingerprint density at radius 2 is 1.94 bits per heavy atom. The van der Waals surface area contributed by atoms with E-state index in [1.165, 1.54) is 4.31 Å². The molecule has 0 unspecified atom stereocenters. The van der Waals surface area contributed by atoms with Gasteiger partial charge >= 0.3 is 0 Å². The Morgan fingerprint density at radius 1 is 1.28 bits per heavy atom. The highest BCUT2D eigenvalue weighted by Gasteiger charge is 2.36. The molecule has 0 atom stereocenters. The molecule has 1 saturated carbocycles. The highest BCUT2D eigenvalue weighted by Crippen LogP contribution is 2.31. The van der Waals surface area contributed by atoms with Crippen molar-refractivity contribution in [3.8, 4) is 0 Å². The van der Waals surface area contributed by atoms with Crippen LogP contribution in [-0.2, 0) is 10.2 Å². The van der Waals surface area contributed by atoms with E-state index in [2.05, 4.69) is 17.0 Å². The molecule has 0 aromatic heterocycles. The van der Waals surface area contributed by atoms with Crippen molar-refractivity contribution in [2.24, 2.45) is 0 Å². The van der Waals surface area contributed by atoms with Gasteiger partial charge in [0.25, 0.3) is 10.2 Å². The normalized spacial score (nSPS) is 18.9. The molecule has 6 heteroatoms. The van der Waals surface area contributed by atoms with Crippen molar-refractivity contribution in [1.29, 1.82) is 0 Å². The van der Waals surface area contributed by atoms with Gasteiger partial charge in [-0.15, -0.1) is 0 Å². The van der Waals surface area contributed by atoms with Gasteiger partial charge in [0, 0.05) is 19.1 Å². The maximum Gasteiger partial charge on any atom is 0.279 e. The van der Waals surface area contributed by atoms with Crippen LogP contribution < -0.4 is 10.0 Å². The molecule has 1 aliphatic rings. The van der Waals surface area contributed by atoms with Gasteiger partial charge in [0.1, 0.15) is 0 Å². The largest absolute Gasteiger partial charge is 0.317 e. The van der Waals surface area contributed by atoms with E-state index in [-0.39, 0.29) is 5.54 Å². The van der Waals surface area contributed by atoms with Crippen LogP contribution in [0.5, 0.6) is 0 Å². The third-order valence-corrected chi connectivity index (χ3v) is 5.25. The van der Waals surface area contributed by atoms with Crippen LogP contribution in [0, 0.1) is 0 Å². The first-order valence-electron chi connectivity index (χ1n) is 6.85. The lowest BCUT2D eigenvalue weighted by Crippen LogP contribution is -2.54. The van der Waals surface area contributed by atoms with Gasteiger partial charge in [-0.3, -0.25) is 0 Å². The van der Waals surface area contributed by atoms with Crippen molar-refractivity contribution in [2.45, 2.75) is 51.5 Å².